The molecule has 0 bridgehead atoms. The molecule has 4 aromatic carbocycles. The zero-order valence-electron chi connectivity index (χ0n) is 27.7. The lowest BCUT2D eigenvalue weighted by molar-refractivity contribution is -0.138. The molecule has 0 unspecified atom stereocenters. The monoisotopic (exact) mass is 765 g/mol. The maximum absolute atomic E-state index is 15.3. The summed E-state index contributed by atoms with van der Waals surface area (Å²) in [5, 5.41) is 11.9. The van der Waals surface area contributed by atoms with Crippen molar-refractivity contribution in [3.8, 4) is 11.5 Å². The molecular weight excluding hydrogens is 734 g/mol. The van der Waals surface area contributed by atoms with Crippen LogP contribution in [-0.4, -0.2) is 40.9 Å². The maximum atomic E-state index is 15.3. The van der Waals surface area contributed by atoms with Crippen LogP contribution >= 0.6 is 27.5 Å². The third-order valence-electron chi connectivity index (χ3n) is 11.1. The molecule has 0 spiro atoms. The van der Waals surface area contributed by atoms with Crippen LogP contribution < -0.4 is 15.1 Å². The number of rotatable bonds is 6. The van der Waals surface area contributed by atoms with Gasteiger partial charge in [0, 0.05) is 10.4 Å². The van der Waals surface area contributed by atoms with Crippen molar-refractivity contribution in [1.29, 1.82) is 0 Å². The summed E-state index contributed by atoms with van der Waals surface area (Å²) < 4.78 is 6.35. The van der Waals surface area contributed by atoms with Gasteiger partial charge < -0.3 is 9.84 Å². The summed E-state index contributed by atoms with van der Waals surface area (Å²) in [6.45, 7) is 1.95. The Kier molecular flexibility index (Phi) is 8.07. The zero-order valence-corrected chi connectivity index (χ0v) is 30.0. The lowest BCUT2D eigenvalue weighted by atomic mass is 9.49. The molecule has 9 nitrogen and oxygen atoms in total. The Balaban J connectivity index is 1.34. The zero-order chi connectivity index (χ0) is 35.8. The molecule has 2 heterocycles. The number of carbonyl (C=O) groups excluding carboxylic acids is 4. The molecule has 0 radical (unpaired) electrons. The molecule has 0 aromatic heterocycles. The fourth-order valence-corrected chi connectivity index (χ4v) is 9.37. The van der Waals surface area contributed by atoms with E-state index in [1.807, 2.05) is 67.6 Å². The van der Waals surface area contributed by atoms with Gasteiger partial charge in [0.05, 0.1) is 46.7 Å². The number of imide groups is 2. The van der Waals surface area contributed by atoms with Crippen LogP contribution in [-0.2, 0) is 24.6 Å². The molecule has 258 valence electrons. The van der Waals surface area contributed by atoms with Gasteiger partial charge in [-0.1, -0.05) is 87.2 Å². The number of anilines is 2. The molecule has 6 atom stereocenters. The first-order valence-electron chi connectivity index (χ1n) is 16.7. The smallest absolute Gasteiger partial charge is 0.260 e. The number of hydrazine groups is 1. The minimum Gasteiger partial charge on any atom is -0.503 e. The van der Waals surface area contributed by atoms with Crippen molar-refractivity contribution < 1.29 is 29.0 Å². The van der Waals surface area contributed by atoms with Gasteiger partial charge in [-0.05, 0) is 85.3 Å². The molecule has 1 saturated carbocycles. The molecule has 4 aromatic rings. The number of nitrogens with one attached hydrogen (secondary N) is 1. The first kappa shape index (κ1) is 33.2. The number of allylic oxidation sites excluding steroid dienone is 2. The first-order valence-corrected chi connectivity index (χ1v) is 17.9. The standard InChI is InChI=1S/C40H33BrClN3O6/c1-21-8-12-25(13-9-21)43-45-37(48)30-20-29-27(16-17-28-33(29)38(49)44(36(28)47)26-14-10-24(41)11-15-26)34(22-18-31(42)35(46)32(19-22)51-2)40(30,39(45)50)23-6-4-3-5-7-23/h3-16,18-19,28-30,33-34,43,46H,17,20H2,1-2H3/t28-,29+,30-,33-,34-,40+/m0/s1. The van der Waals surface area contributed by atoms with Crippen molar-refractivity contribution in [1.82, 2.24) is 5.01 Å². The predicted octanol–water partition coefficient (Wildman–Crippen LogP) is 7.31. The first-order chi connectivity index (χ1) is 24.6. The molecule has 2 aliphatic carbocycles. The van der Waals surface area contributed by atoms with E-state index in [-0.39, 0.29) is 41.2 Å². The van der Waals surface area contributed by atoms with Crippen LogP contribution in [0.2, 0.25) is 5.02 Å². The molecule has 4 amide bonds. The number of halogens is 2. The largest absolute Gasteiger partial charge is 0.503 e. The molecule has 4 aliphatic rings. The van der Waals surface area contributed by atoms with Gasteiger partial charge in [0.1, 0.15) is 0 Å². The predicted molar refractivity (Wildman–Crippen MR) is 195 cm³/mol. The number of hydrogen-bond acceptors (Lipinski definition) is 7. The van der Waals surface area contributed by atoms with Gasteiger partial charge in [-0.2, -0.15) is 5.01 Å². The van der Waals surface area contributed by atoms with Gasteiger partial charge in [-0.25, -0.2) is 0 Å². The molecule has 3 fully saturated rings. The summed E-state index contributed by atoms with van der Waals surface area (Å²) in [4.78, 5) is 59.8. The summed E-state index contributed by atoms with van der Waals surface area (Å²) in [5.74, 6) is -5.35. The number of amides is 4. The third kappa shape index (κ3) is 4.94. The lowest BCUT2D eigenvalue weighted by Gasteiger charge is -2.50. The number of methoxy groups -OCH3 is 1. The summed E-state index contributed by atoms with van der Waals surface area (Å²) in [6, 6.07) is 26.9. The van der Waals surface area contributed by atoms with Crippen molar-refractivity contribution >= 4 is 62.5 Å². The van der Waals surface area contributed by atoms with Crippen LogP contribution in [0.5, 0.6) is 11.5 Å². The van der Waals surface area contributed by atoms with Gasteiger partial charge in [0.25, 0.3) is 11.8 Å². The van der Waals surface area contributed by atoms with E-state index in [4.69, 9.17) is 16.3 Å². The van der Waals surface area contributed by atoms with E-state index in [0.29, 0.717) is 22.5 Å². The van der Waals surface area contributed by atoms with Gasteiger partial charge >= 0.3 is 0 Å². The van der Waals surface area contributed by atoms with Crippen LogP contribution in [0.4, 0.5) is 11.4 Å². The van der Waals surface area contributed by atoms with E-state index < -0.39 is 46.8 Å². The molecule has 2 aliphatic heterocycles. The van der Waals surface area contributed by atoms with Gasteiger partial charge in [-0.15, -0.1) is 0 Å². The summed E-state index contributed by atoms with van der Waals surface area (Å²) in [5.41, 5.74) is 5.62. The molecule has 8 rings (SSSR count). The second-order valence-electron chi connectivity index (χ2n) is 13.6. The topological polar surface area (TPSA) is 116 Å². The van der Waals surface area contributed by atoms with Crippen molar-refractivity contribution in [3.63, 3.8) is 0 Å². The minimum atomic E-state index is -1.48. The Morgan fingerprint density at radius 3 is 2.29 bits per heavy atom. The normalized spacial score (nSPS) is 26.8. The number of carbonyl (C=O) groups is 4. The molecule has 11 heteroatoms. The van der Waals surface area contributed by atoms with E-state index in [9.17, 15) is 19.5 Å². The Bertz CT molecular complexity index is 2140. The highest BCUT2D eigenvalue weighted by molar-refractivity contribution is 9.10. The van der Waals surface area contributed by atoms with Crippen molar-refractivity contribution in [2.75, 3.05) is 17.4 Å². The van der Waals surface area contributed by atoms with Crippen LogP contribution in [0.3, 0.4) is 0 Å². The van der Waals surface area contributed by atoms with Gasteiger partial charge in [-0.3, -0.25) is 29.5 Å². The molecule has 2 saturated heterocycles. The quantitative estimate of drug-likeness (QED) is 0.156. The number of fused-ring (bicyclic) bond motifs is 4. The van der Waals surface area contributed by atoms with Crippen LogP contribution in [0.1, 0.15) is 35.4 Å². The number of aryl methyl sites for hydroxylation is 1. The highest BCUT2D eigenvalue weighted by Crippen LogP contribution is 2.64. The average molecular weight is 767 g/mol. The Labute approximate surface area is 307 Å². The Morgan fingerprint density at radius 2 is 1.61 bits per heavy atom. The third-order valence-corrected chi connectivity index (χ3v) is 11.9. The number of ether oxygens (including phenoxy) is 1. The average Bonchev–Trinajstić information content (AvgIpc) is 3.51. The number of hydrogen-bond donors (Lipinski definition) is 2. The van der Waals surface area contributed by atoms with E-state index in [1.165, 1.54) is 12.0 Å². The van der Waals surface area contributed by atoms with Gasteiger partial charge in [0.2, 0.25) is 11.8 Å². The minimum absolute atomic E-state index is 0.0143. The number of aromatic hydroxyl groups is 1. The molecule has 2 N–H and O–H groups in total. The van der Waals surface area contributed by atoms with E-state index in [2.05, 4.69) is 21.4 Å². The number of nitrogens with zero attached hydrogens (tertiary/aromatic N) is 2. The van der Waals surface area contributed by atoms with E-state index in [1.54, 1.807) is 36.4 Å². The Hall–Kier alpha value is -4.93. The molecular formula is C40H33BrClN3O6. The molecule has 51 heavy (non-hydrogen) atoms. The summed E-state index contributed by atoms with van der Waals surface area (Å²) in [7, 11) is 1.41. The van der Waals surface area contributed by atoms with E-state index >= 15 is 4.79 Å². The lowest BCUT2D eigenvalue weighted by Crippen LogP contribution is -2.53. The van der Waals surface area contributed by atoms with Crippen LogP contribution in [0.25, 0.3) is 0 Å². The van der Waals surface area contributed by atoms with Crippen LogP contribution in [0.15, 0.2) is 107 Å². The number of phenols is 1. The maximum Gasteiger partial charge on any atom is 0.260 e. The fraction of sp³-hybridized carbons (Fsp3) is 0.250. The SMILES string of the molecule is COc1cc([C@H]2C3=CC[C@@H]4C(=O)N(c5ccc(Br)cc5)C(=O)[C@@H]4[C@@H]3C[C@H]3C(=O)N(Nc4ccc(C)cc4)C(=O)[C@@]23c2ccccc2)cc(Cl)c1O. The van der Waals surface area contributed by atoms with Crippen molar-refractivity contribution in [2.24, 2.45) is 23.7 Å². The highest BCUT2D eigenvalue weighted by Gasteiger charge is 2.70. The fourth-order valence-electron chi connectivity index (χ4n) is 8.88. The van der Waals surface area contributed by atoms with E-state index in [0.717, 1.165) is 20.6 Å². The number of phenolic OH excluding ortho intramolecular Hbond substituents is 1. The van der Waals surface area contributed by atoms with Crippen molar-refractivity contribution in [3.05, 3.63) is 129 Å². The van der Waals surface area contributed by atoms with Gasteiger partial charge in [0.15, 0.2) is 11.5 Å². The second kappa shape index (κ2) is 12.4. The van der Waals surface area contributed by atoms with Crippen LogP contribution in [0, 0.1) is 30.6 Å². The number of benzene rings is 4. The summed E-state index contributed by atoms with van der Waals surface area (Å²) in [6.07, 6.45) is 2.41. The van der Waals surface area contributed by atoms with Crippen molar-refractivity contribution in [2.45, 2.75) is 31.1 Å². The Morgan fingerprint density at radius 1 is 0.902 bits per heavy atom. The highest BCUT2D eigenvalue weighted by atomic mass is 79.9. The summed E-state index contributed by atoms with van der Waals surface area (Å²) >= 11 is 10.1. The second-order valence-corrected chi connectivity index (χ2v) is 15.0.